The highest BCUT2D eigenvalue weighted by Crippen LogP contribution is 2.22. The molecule has 1 fully saturated rings. The molecular weight excluding hydrogens is 224 g/mol. The average Bonchev–Trinajstić information content (AvgIpc) is 2.21. The Balaban J connectivity index is 2.74. The van der Waals surface area contributed by atoms with Crippen LogP contribution in [0.3, 0.4) is 0 Å². The van der Waals surface area contributed by atoms with Crippen LogP contribution in [0.2, 0.25) is 0 Å². The second kappa shape index (κ2) is 4.97. The molecule has 1 rings (SSSR count). The van der Waals surface area contributed by atoms with Crippen molar-refractivity contribution in [2.24, 2.45) is 5.73 Å². The van der Waals surface area contributed by atoms with Crippen LogP contribution in [0.25, 0.3) is 0 Å². The first-order chi connectivity index (χ1) is 7.37. The molecule has 0 saturated carbocycles. The minimum atomic E-state index is -0.511. The van der Waals surface area contributed by atoms with Crippen LogP contribution in [0.5, 0.6) is 0 Å². The second-order valence-corrected chi connectivity index (χ2v) is 5.01. The van der Waals surface area contributed by atoms with Gasteiger partial charge < -0.3 is 20.9 Å². The molecular formula is C10H20N4OS. The van der Waals surface area contributed by atoms with Crippen LogP contribution in [0, 0.1) is 0 Å². The maximum Gasteiger partial charge on any atom is 0.317 e. The lowest BCUT2D eigenvalue weighted by atomic mass is 9.87. The first kappa shape index (κ1) is 13.2. The zero-order valence-corrected chi connectivity index (χ0v) is 10.9. The Bertz CT molecular complexity index is 285. The van der Waals surface area contributed by atoms with E-state index >= 15 is 0 Å². The van der Waals surface area contributed by atoms with E-state index in [4.69, 9.17) is 18.0 Å². The standard InChI is InChI=1S/C10H20N4OS/c1-13(2)9(15)12-10(8(11)16)4-6-14(3)7-5-10/h4-7H2,1-3H3,(H2,11,16)(H,12,15). The normalized spacial score (nSPS) is 20.2. The number of nitrogens with zero attached hydrogens (tertiary/aromatic N) is 2. The Hall–Kier alpha value is -0.880. The van der Waals surface area contributed by atoms with Gasteiger partial charge in [-0.25, -0.2) is 4.79 Å². The molecule has 0 bridgehead atoms. The number of hydrogen-bond donors (Lipinski definition) is 2. The Morgan fingerprint density at radius 2 is 1.94 bits per heavy atom. The highest BCUT2D eigenvalue weighted by Gasteiger charge is 2.38. The highest BCUT2D eigenvalue weighted by molar-refractivity contribution is 7.80. The van der Waals surface area contributed by atoms with Crippen molar-refractivity contribution in [2.75, 3.05) is 34.2 Å². The van der Waals surface area contributed by atoms with E-state index in [-0.39, 0.29) is 6.03 Å². The summed E-state index contributed by atoms with van der Waals surface area (Å²) in [6.45, 7) is 1.79. The molecule has 1 heterocycles. The summed E-state index contributed by atoms with van der Waals surface area (Å²) < 4.78 is 0. The maximum absolute atomic E-state index is 11.7. The summed E-state index contributed by atoms with van der Waals surface area (Å²) in [4.78, 5) is 15.8. The van der Waals surface area contributed by atoms with Gasteiger partial charge in [0.15, 0.2) is 0 Å². The summed E-state index contributed by atoms with van der Waals surface area (Å²) in [5.41, 5.74) is 5.27. The number of hydrogen-bond acceptors (Lipinski definition) is 3. The smallest absolute Gasteiger partial charge is 0.317 e. The van der Waals surface area contributed by atoms with Gasteiger partial charge >= 0.3 is 6.03 Å². The van der Waals surface area contributed by atoms with Crippen LogP contribution < -0.4 is 11.1 Å². The molecule has 6 heteroatoms. The van der Waals surface area contributed by atoms with Gasteiger partial charge in [-0.2, -0.15) is 0 Å². The van der Waals surface area contributed by atoms with Crippen molar-refractivity contribution in [1.29, 1.82) is 0 Å². The Morgan fingerprint density at radius 3 is 2.31 bits per heavy atom. The van der Waals surface area contributed by atoms with Crippen LogP contribution in [0.1, 0.15) is 12.8 Å². The summed E-state index contributed by atoms with van der Waals surface area (Å²) in [5, 5.41) is 2.95. The predicted molar refractivity (Wildman–Crippen MR) is 68.5 cm³/mol. The van der Waals surface area contributed by atoms with Crippen molar-refractivity contribution >= 4 is 23.2 Å². The fourth-order valence-corrected chi connectivity index (χ4v) is 2.00. The van der Waals surface area contributed by atoms with E-state index in [9.17, 15) is 4.79 Å². The summed E-state index contributed by atoms with van der Waals surface area (Å²) >= 11 is 5.10. The molecule has 0 radical (unpaired) electrons. The lowest BCUT2D eigenvalue weighted by molar-refractivity contribution is 0.180. The predicted octanol–water partition coefficient (Wildman–Crippen LogP) is 0.00810. The van der Waals surface area contributed by atoms with Crippen LogP contribution in [-0.2, 0) is 0 Å². The molecule has 0 aliphatic carbocycles. The SMILES string of the molecule is CN1CCC(NC(=O)N(C)C)(C(N)=S)CC1. The number of nitrogens with one attached hydrogen (secondary N) is 1. The third-order valence-electron chi connectivity index (χ3n) is 3.06. The summed E-state index contributed by atoms with van der Waals surface area (Å²) in [5.74, 6) is 0. The van der Waals surface area contributed by atoms with Crippen molar-refractivity contribution in [3.63, 3.8) is 0 Å². The van der Waals surface area contributed by atoms with Crippen molar-refractivity contribution in [3.8, 4) is 0 Å². The van der Waals surface area contributed by atoms with Gasteiger partial charge in [0.2, 0.25) is 0 Å². The summed E-state index contributed by atoms with van der Waals surface area (Å²) in [6.07, 6.45) is 1.55. The van der Waals surface area contributed by atoms with E-state index in [0.29, 0.717) is 4.99 Å². The lowest BCUT2D eigenvalue weighted by Crippen LogP contribution is -2.62. The van der Waals surface area contributed by atoms with Crippen molar-refractivity contribution in [3.05, 3.63) is 0 Å². The van der Waals surface area contributed by atoms with Gasteiger partial charge in [0.25, 0.3) is 0 Å². The van der Waals surface area contributed by atoms with Gasteiger partial charge in [-0.1, -0.05) is 12.2 Å². The molecule has 1 aliphatic heterocycles. The zero-order chi connectivity index (χ0) is 12.3. The van der Waals surface area contributed by atoms with Crippen molar-refractivity contribution in [2.45, 2.75) is 18.4 Å². The number of carbonyl (C=O) groups excluding carboxylic acids is 1. The number of rotatable bonds is 2. The molecule has 1 aliphatic rings. The summed E-state index contributed by atoms with van der Waals surface area (Å²) in [7, 11) is 5.46. The Morgan fingerprint density at radius 1 is 1.44 bits per heavy atom. The third kappa shape index (κ3) is 2.82. The molecule has 3 N–H and O–H groups in total. The number of urea groups is 1. The molecule has 0 unspecified atom stereocenters. The monoisotopic (exact) mass is 244 g/mol. The minimum absolute atomic E-state index is 0.141. The molecule has 0 aromatic heterocycles. The van der Waals surface area contributed by atoms with Crippen molar-refractivity contribution in [1.82, 2.24) is 15.1 Å². The van der Waals surface area contributed by atoms with E-state index < -0.39 is 5.54 Å². The van der Waals surface area contributed by atoms with Gasteiger partial charge in [-0.3, -0.25) is 0 Å². The number of piperidine rings is 1. The largest absolute Gasteiger partial charge is 0.391 e. The molecule has 2 amide bonds. The Labute approximate surface area is 102 Å². The molecule has 0 aromatic carbocycles. The van der Waals surface area contributed by atoms with E-state index in [2.05, 4.69) is 17.3 Å². The molecule has 16 heavy (non-hydrogen) atoms. The molecule has 0 atom stereocenters. The highest BCUT2D eigenvalue weighted by atomic mass is 32.1. The average molecular weight is 244 g/mol. The maximum atomic E-state index is 11.7. The topological polar surface area (TPSA) is 61.6 Å². The van der Waals surface area contributed by atoms with Crippen LogP contribution in [0.4, 0.5) is 4.79 Å². The molecule has 1 saturated heterocycles. The molecule has 0 spiro atoms. The van der Waals surface area contributed by atoms with E-state index in [0.717, 1.165) is 25.9 Å². The number of amides is 2. The fourth-order valence-electron chi connectivity index (χ4n) is 1.75. The van der Waals surface area contributed by atoms with Gasteiger partial charge in [0.05, 0.1) is 10.5 Å². The van der Waals surface area contributed by atoms with Gasteiger partial charge in [0.1, 0.15) is 0 Å². The van der Waals surface area contributed by atoms with Crippen molar-refractivity contribution < 1.29 is 4.79 Å². The molecule has 5 nitrogen and oxygen atoms in total. The van der Waals surface area contributed by atoms with Crippen LogP contribution in [0.15, 0.2) is 0 Å². The van der Waals surface area contributed by atoms with Gasteiger partial charge in [-0.15, -0.1) is 0 Å². The number of carbonyl (C=O) groups is 1. The fraction of sp³-hybridized carbons (Fsp3) is 0.800. The first-order valence-electron chi connectivity index (χ1n) is 5.35. The second-order valence-electron chi connectivity index (χ2n) is 4.57. The third-order valence-corrected chi connectivity index (χ3v) is 3.46. The molecule has 92 valence electrons. The van der Waals surface area contributed by atoms with Crippen LogP contribution >= 0.6 is 12.2 Å². The number of likely N-dealkylation sites (tertiary alicyclic amines) is 1. The van der Waals surface area contributed by atoms with Gasteiger partial charge in [-0.05, 0) is 19.9 Å². The summed E-state index contributed by atoms with van der Waals surface area (Å²) in [6, 6.07) is -0.141. The van der Waals surface area contributed by atoms with E-state index in [1.165, 1.54) is 4.90 Å². The van der Waals surface area contributed by atoms with E-state index in [1.54, 1.807) is 14.1 Å². The number of thiocarbonyl (C=S) groups is 1. The van der Waals surface area contributed by atoms with Crippen LogP contribution in [-0.4, -0.2) is 60.6 Å². The minimum Gasteiger partial charge on any atom is -0.391 e. The lowest BCUT2D eigenvalue weighted by Gasteiger charge is -2.40. The van der Waals surface area contributed by atoms with Gasteiger partial charge in [0, 0.05) is 27.2 Å². The first-order valence-corrected chi connectivity index (χ1v) is 5.76. The number of nitrogens with two attached hydrogens (primary N) is 1. The van der Waals surface area contributed by atoms with E-state index in [1.807, 2.05) is 0 Å². The molecule has 0 aromatic rings. The quantitative estimate of drug-likeness (QED) is 0.672. The zero-order valence-electron chi connectivity index (χ0n) is 10.1. The Kier molecular flexibility index (Phi) is 4.09.